The van der Waals surface area contributed by atoms with Crippen LogP contribution in [0.25, 0.3) is 0 Å². The number of ether oxygens (including phenoxy) is 1. The Labute approximate surface area is 164 Å². The third-order valence-electron chi connectivity index (χ3n) is 5.27. The van der Waals surface area contributed by atoms with Gasteiger partial charge >= 0.3 is 5.97 Å². The van der Waals surface area contributed by atoms with Gasteiger partial charge in [0.2, 0.25) is 11.8 Å². The summed E-state index contributed by atoms with van der Waals surface area (Å²) in [4.78, 5) is 40.3. The summed E-state index contributed by atoms with van der Waals surface area (Å²) in [6, 6.07) is 8.17. The number of morpholine rings is 1. The Morgan fingerprint density at radius 3 is 2.57 bits per heavy atom. The Hall–Kier alpha value is -2.45. The first-order valence-electron chi connectivity index (χ1n) is 9.68. The smallest absolute Gasteiger partial charge is 0.326 e. The Morgan fingerprint density at radius 1 is 1.18 bits per heavy atom. The molecule has 0 spiro atoms. The summed E-state index contributed by atoms with van der Waals surface area (Å²) in [5, 5.41) is 12.1. The first-order chi connectivity index (χ1) is 13.5. The summed E-state index contributed by atoms with van der Waals surface area (Å²) in [5.41, 5.74) is 0.838. The summed E-state index contributed by atoms with van der Waals surface area (Å²) in [6.07, 6.45) is 0.343. The van der Waals surface area contributed by atoms with E-state index in [4.69, 9.17) is 4.74 Å². The molecule has 152 valence electrons. The molecule has 1 aromatic carbocycles. The van der Waals surface area contributed by atoms with Crippen LogP contribution < -0.4 is 5.32 Å². The van der Waals surface area contributed by atoms with Crippen molar-refractivity contribution < 1.29 is 24.2 Å². The molecule has 2 saturated heterocycles. The molecule has 2 fully saturated rings. The summed E-state index contributed by atoms with van der Waals surface area (Å²) in [6.45, 7) is 4.79. The van der Waals surface area contributed by atoms with Crippen molar-refractivity contribution in [2.75, 3.05) is 45.9 Å². The van der Waals surface area contributed by atoms with Crippen LogP contribution in [0.1, 0.15) is 12.0 Å². The highest BCUT2D eigenvalue weighted by Crippen LogP contribution is 2.18. The molecule has 0 saturated carbocycles. The number of rotatable bonds is 8. The van der Waals surface area contributed by atoms with E-state index >= 15 is 0 Å². The lowest BCUT2D eigenvalue weighted by molar-refractivity contribution is -0.142. The number of nitrogens with one attached hydrogen (secondary N) is 1. The van der Waals surface area contributed by atoms with Gasteiger partial charge in [0, 0.05) is 45.6 Å². The van der Waals surface area contributed by atoms with Crippen LogP contribution in [0, 0.1) is 5.92 Å². The molecule has 2 amide bonds. The minimum Gasteiger partial charge on any atom is -0.480 e. The minimum absolute atomic E-state index is 0.0525. The average molecular weight is 389 g/mol. The molecule has 28 heavy (non-hydrogen) atoms. The molecule has 1 aromatic rings. The van der Waals surface area contributed by atoms with E-state index in [-0.39, 0.29) is 24.7 Å². The van der Waals surface area contributed by atoms with Crippen molar-refractivity contribution in [3.8, 4) is 0 Å². The van der Waals surface area contributed by atoms with Crippen molar-refractivity contribution in [1.29, 1.82) is 0 Å². The van der Waals surface area contributed by atoms with Crippen LogP contribution in [-0.4, -0.2) is 84.7 Å². The average Bonchev–Trinajstić information content (AvgIpc) is 3.08. The lowest BCUT2D eigenvalue weighted by Crippen LogP contribution is -2.45. The number of carbonyl (C=O) groups is 3. The van der Waals surface area contributed by atoms with Gasteiger partial charge in [-0.1, -0.05) is 30.3 Å². The van der Waals surface area contributed by atoms with Crippen LogP contribution in [0.3, 0.4) is 0 Å². The molecule has 8 nitrogen and oxygen atoms in total. The van der Waals surface area contributed by atoms with Gasteiger partial charge in [0.05, 0.1) is 19.1 Å². The van der Waals surface area contributed by atoms with Crippen LogP contribution in [0.2, 0.25) is 0 Å². The van der Waals surface area contributed by atoms with Gasteiger partial charge in [-0.05, 0) is 5.56 Å². The number of nitrogens with zero attached hydrogens (tertiary/aromatic N) is 2. The van der Waals surface area contributed by atoms with Gasteiger partial charge in [-0.3, -0.25) is 14.5 Å². The predicted molar refractivity (Wildman–Crippen MR) is 102 cm³/mol. The fraction of sp³-hybridized carbons (Fsp3) is 0.550. The number of amides is 2. The normalized spacial score (nSPS) is 21.5. The predicted octanol–water partition coefficient (Wildman–Crippen LogP) is -0.0208. The molecule has 2 N–H and O–H groups in total. The van der Waals surface area contributed by atoms with Crippen molar-refractivity contribution in [1.82, 2.24) is 15.1 Å². The number of carboxylic acids is 1. The fourth-order valence-corrected chi connectivity index (χ4v) is 3.59. The second kappa shape index (κ2) is 9.66. The molecule has 0 aromatic heterocycles. The van der Waals surface area contributed by atoms with Crippen molar-refractivity contribution in [3.05, 3.63) is 35.9 Å². The quantitative estimate of drug-likeness (QED) is 0.648. The molecular weight excluding hydrogens is 362 g/mol. The molecule has 2 atom stereocenters. The summed E-state index contributed by atoms with van der Waals surface area (Å²) < 4.78 is 5.32. The topological polar surface area (TPSA) is 99.2 Å². The van der Waals surface area contributed by atoms with E-state index in [1.807, 2.05) is 30.3 Å². The van der Waals surface area contributed by atoms with Crippen molar-refractivity contribution in [3.63, 3.8) is 0 Å². The molecule has 3 rings (SSSR count). The largest absolute Gasteiger partial charge is 0.480 e. The number of hydrogen-bond donors (Lipinski definition) is 2. The molecule has 8 heteroatoms. The van der Waals surface area contributed by atoms with E-state index < -0.39 is 17.9 Å². The maximum Gasteiger partial charge on any atom is 0.326 e. The van der Waals surface area contributed by atoms with E-state index in [2.05, 4.69) is 10.2 Å². The lowest BCUT2D eigenvalue weighted by Gasteiger charge is -2.28. The first-order valence-corrected chi connectivity index (χ1v) is 9.68. The zero-order valence-electron chi connectivity index (χ0n) is 15.9. The van der Waals surface area contributed by atoms with Crippen molar-refractivity contribution >= 4 is 17.8 Å². The van der Waals surface area contributed by atoms with Gasteiger partial charge in [0.1, 0.15) is 6.04 Å². The highest BCUT2D eigenvalue weighted by molar-refractivity contribution is 5.91. The third kappa shape index (κ3) is 5.53. The highest BCUT2D eigenvalue weighted by Gasteiger charge is 2.35. The Kier molecular flexibility index (Phi) is 7.00. The van der Waals surface area contributed by atoms with Crippen molar-refractivity contribution in [2.45, 2.75) is 18.9 Å². The van der Waals surface area contributed by atoms with Crippen LogP contribution in [0.4, 0.5) is 0 Å². The van der Waals surface area contributed by atoms with E-state index in [9.17, 15) is 19.5 Å². The Balaban J connectivity index is 1.50. The second-order valence-electron chi connectivity index (χ2n) is 7.28. The molecule has 0 aliphatic carbocycles. The van der Waals surface area contributed by atoms with Gasteiger partial charge in [0.15, 0.2) is 0 Å². The van der Waals surface area contributed by atoms with Gasteiger partial charge in [-0.25, -0.2) is 4.79 Å². The number of aliphatic carboxylic acids is 1. The maximum atomic E-state index is 12.6. The Bertz CT molecular complexity index is 690. The fourth-order valence-electron chi connectivity index (χ4n) is 3.59. The number of likely N-dealkylation sites (tertiary alicyclic amines) is 1. The van der Waals surface area contributed by atoms with Crippen LogP contribution in [-0.2, 0) is 25.5 Å². The van der Waals surface area contributed by atoms with Gasteiger partial charge in [-0.2, -0.15) is 0 Å². The van der Waals surface area contributed by atoms with E-state index in [0.29, 0.717) is 26.3 Å². The molecule has 0 radical (unpaired) electrons. The summed E-state index contributed by atoms with van der Waals surface area (Å²) in [7, 11) is 0. The van der Waals surface area contributed by atoms with E-state index in [1.165, 1.54) is 0 Å². The van der Waals surface area contributed by atoms with Crippen LogP contribution in [0.15, 0.2) is 30.3 Å². The van der Waals surface area contributed by atoms with Gasteiger partial charge in [0.25, 0.3) is 0 Å². The second-order valence-corrected chi connectivity index (χ2v) is 7.28. The SMILES string of the molecule is O=C(N[C@@H](Cc1ccccc1)C(=O)O)C1CC(=O)N(CCN2CCOCC2)C1. The molecule has 1 unspecified atom stereocenters. The van der Waals surface area contributed by atoms with E-state index in [1.54, 1.807) is 4.90 Å². The summed E-state index contributed by atoms with van der Waals surface area (Å²) >= 11 is 0. The molecule has 2 aliphatic rings. The van der Waals surface area contributed by atoms with Gasteiger partial charge < -0.3 is 20.1 Å². The zero-order valence-corrected chi connectivity index (χ0v) is 15.9. The maximum absolute atomic E-state index is 12.6. The number of benzene rings is 1. The molecule has 0 bridgehead atoms. The zero-order chi connectivity index (χ0) is 19.9. The third-order valence-corrected chi connectivity index (χ3v) is 5.27. The molecule has 2 heterocycles. The minimum atomic E-state index is -1.08. The van der Waals surface area contributed by atoms with Crippen molar-refractivity contribution in [2.24, 2.45) is 5.92 Å². The van der Waals surface area contributed by atoms with Gasteiger partial charge in [-0.15, -0.1) is 0 Å². The molecule has 2 aliphatic heterocycles. The molecular formula is C20H27N3O5. The Morgan fingerprint density at radius 2 is 1.89 bits per heavy atom. The monoisotopic (exact) mass is 389 g/mol. The van der Waals surface area contributed by atoms with Crippen LogP contribution in [0.5, 0.6) is 0 Å². The number of carboxylic acid groups (broad SMARTS) is 1. The summed E-state index contributed by atoms with van der Waals surface area (Å²) in [5.74, 6) is -2.01. The first kappa shape index (κ1) is 20.3. The van der Waals surface area contributed by atoms with E-state index in [0.717, 1.165) is 25.2 Å². The van der Waals surface area contributed by atoms with Crippen LogP contribution >= 0.6 is 0 Å². The standard InChI is InChI=1S/C20H27N3O5/c24-18-13-16(14-23(18)7-6-22-8-10-28-11-9-22)19(25)21-17(20(26)27)12-15-4-2-1-3-5-15/h1-5,16-17H,6-14H2,(H,21,25)(H,26,27)/t16?,17-/m0/s1. The number of hydrogen-bond acceptors (Lipinski definition) is 5. The highest BCUT2D eigenvalue weighted by atomic mass is 16.5. The number of carbonyl (C=O) groups excluding carboxylic acids is 2. The lowest BCUT2D eigenvalue weighted by atomic mass is 10.0.